The Hall–Kier alpha value is -0.640. The second-order valence-corrected chi connectivity index (χ2v) is 3.40. The first-order valence-corrected chi connectivity index (χ1v) is 5.22. The normalized spacial score (nSPS) is 10.4. The van der Waals surface area contributed by atoms with Crippen molar-refractivity contribution in [2.75, 3.05) is 19.6 Å². The van der Waals surface area contributed by atoms with Crippen LogP contribution in [0.25, 0.3) is 0 Å². The molecule has 0 aliphatic heterocycles. The van der Waals surface area contributed by atoms with Crippen LogP contribution < -0.4 is 10.6 Å². The molecule has 0 unspecified atom stereocenters. The molecule has 14 heavy (non-hydrogen) atoms. The number of likely N-dealkylation sites (N-methyl/N-ethyl adjacent to an activating group) is 1. The van der Waals surface area contributed by atoms with Gasteiger partial charge in [0.05, 0.1) is 5.02 Å². The molecule has 3 nitrogen and oxygen atoms in total. The monoisotopic (exact) mass is 213 g/mol. The number of hydrogen-bond donors (Lipinski definition) is 2. The Morgan fingerprint density at radius 3 is 2.86 bits per heavy atom. The van der Waals surface area contributed by atoms with Gasteiger partial charge in [0.25, 0.3) is 0 Å². The molecule has 0 aliphatic carbocycles. The van der Waals surface area contributed by atoms with E-state index in [-0.39, 0.29) is 0 Å². The van der Waals surface area contributed by atoms with Crippen molar-refractivity contribution in [3.63, 3.8) is 0 Å². The predicted molar refractivity (Wildman–Crippen MR) is 59.5 cm³/mol. The third-order valence-corrected chi connectivity index (χ3v) is 2.24. The van der Waals surface area contributed by atoms with Crippen molar-refractivity contribution in [2.24, 2.45) is 0 Å². The van der Waals surface area contributed by atoms with E-state index in [4.69, 9.17) is 11.6 Å². The minimum absolute atomic E-state index is 0.725. The average molecular weight is 214 g/mol. The van der Waals surface area contributed by atoms with E-state index in [9.17, 15) is 0 Å². The maximum atomic E-state index is 5.95. The summed E-state index contributed by atoms with van der Waals surface area (Å²) in [4.78, 5) is 3.93. The Bertz CT molecular complexity index is 265. The highest BCUT2D eigenvalue weighted by Crippen LogP contribution is 2.12. The van der Waals surface area contributed by atoms with E-state index in [1.807, 2.05) is 6.07 Å². The topological polar surface area (TPSA) is 37.0 Å². The van der Waals surface area contributed by atoms with Gasteiger partial charge in [-0.1, -0.05) is 18.5 Å². The first kappa shape index (κ1) is 11.4. The van der Waals surface area contributed by atoms with Crippen molar-refractivity contribution >= 4 is 11.6 Å². The lowest BCUT2D eigenvalue weighted by molar-refractivity contribution is 0.625. The van der Waals surface area contributed by atoms with Gasteiger partial charge in [-0.3, -0.25) is 4.98 Å². The van der Waals surface area contributed by atoms with Crippen molar-refractivity contribution in [3.05, 3.63) is 29.0 Å². The number of aromatic nitrogens is 1. The fourth-order valence-corrected chi connectivity index (χ4v) is 1.31. The molecule has 0 amide bonds. The van der Waals surface area contributed by atoms with Crippen molar-refractivity contribution in [2.45, 2.75) is 13.5 Å². The minimum atomic E-state index is 0.725. The summed E-state index contributed by atoms with van der Waals surface area (Å²) < 4.78 is 0. The van der Waals surface area contributed by atoms with E-state index in [2.05, 4.69) is 22.5 Å². The molecular formula is C10H16ClN3. The number of pyridine rings is 1. The molecule has 0 aliphatic rings. The SMILES string of the molecule is CCNCCNCc1ccncc1Cl. The third kappa shape index (κ3) is 4.05. The van der Waals surface area contributed by atoms with Gasteiger partial charge in [-0.25, -0.2) is 0 Å². The summed E-state index contributed by atoms with van der Waals surface area (Å²) in [6.45, 7) is 5.84. The van der Waals surface area contributed by atoms with Gasteiger partial charge in [0.15, 0.2) is 0 Å². The maximum Gasteiger partial charge on any atom is 0.0634 e. The van der Waals surface area contributed by atoms with Crippen molar-refractivity contribution in [1.82, 2.24) is 15.6 Å². The van der Waals surface area contributed by atoms with Crippen LogP contribution in [-0.4, -0.2) is 24.6 Å². The Labute approximate surface area is 89.9 Å². The quantitative estimate of drug-likeness (QED) is 0.703. The summed E-state index contributed by atoms with van der Waals surface area (Å²) in [7, 11) is 0. The van der Waals surface area contributed by atoms with E-state index in [0.717, 1.165) is 36.8 Å². The van der Waals surface area contributed by atoms with Crippen LogP contribution in [0.3, 0.4) is 0 Å². The third-order valence-electron chi connectivity index (χ3n) is 1.90. The highest BCUT2D eigenvalue weighted by molar-refractivity contribution is 6.31. The largest absolute Gasteiger partial charge is 0.316 e. The lowest BCUT2D eigenvalue weighted by atomic mass is 10.2. The molecule has 0 spiro atoms. The molecule has 78 valence electrons. The maximum absolute atomic E-state index is 5.95. The first-order valence-electron chi connectivity index (χ1n) is 4.84. The molecule has 0 atom stereocenters. The molecule has 1 rings (SSSR count). The summed E-state index contributed by atoms with van der Waals surface area (Å²) in [5.74, 6) is 0. The molecule has 0 radical (unpaired) electrons. The first-order chi connectivity index (χ1) is 6.84. The molecule has 0 saturated heterocycles. The van der Waals surface area contributed by atoms with Crippen molar-refractivity contribution in [1.29, 1.82) is 0 Å². The van der Waals surface area contributed by atoms with Crippen LogP contribution in [0.5, 0.6) is 0 Å². The molecule has 0 bridgehead atoms. The lowest BCUT2D eigenvalue weighted by Gasteiger charge is -2.06. The number of rotatable bonds is 6. The molecule has 1 heterocycles. The van der Waals surface area contributed by atoms with Gasteiger partial charge in [0, 0.05) is 32.0 Å². The van der Waals surface area contributed by atoms with E-state index in [0.29, 0.717) is 0 Å². The number of halogens is 1. The average Bonchev–Trinajstić information content (AvgIpc) is 2.20. The predicted octanol–water partition coefficient (Wildman–Crippen LogP) is 1.43. The molecule has 2 N–H and O–H groups in total. The number of nitrogens with one attached hydrogen (secondary N) is 2. The molecule has 0 saturated carbocycles. The van der Waals surface area contributed by atoms with E-state index in [1.165, 1.54) is 0 Å². The van der Waals surface area contributed by atoms with E-state index >= 15 is 0 Å². The van der Waals surface area contributed by atoms with Crippen molar-refractivity contribution < 1.29 is 0 Å². The minimum Gasteiger partial charge on any atom is -0.316 e. The van der Waals surface area contributed by atoms with Crippen LogP contribution in [0.15, 0.2) is 18.5 Å². The van der Waals surface area contributed by atoms with Crippen molar-refractivity contribution in [3.8, 4) is 0 Å². The summed E-state index contributed by atoms with van der Waals surface area (Å²) in [5.41, 5.74) is 1.10. The smallest absolute Gasteiger partial charge is 0.0634 e. The van der Waals surface area contributed by atoms with Gasteiger partial charge in [0.1, 0.15) is 0 Å². The molecule has 1 aromatic heterocycles. The Morgan fingerprint density at radius 2 is 2.14 bits per heavy atom. The lowest BCUT2D eigenvalue weighted by Crippen LogP contribution is -2.26. The van der Waals surface area contributed by atoms with E-state index in [1.54, 1.807) is 12.4 Å². The van der Waals surface area contributed by atoms with Gasteiger partial charge in [-0.05, 0) is 18.2 Å². The highest BCUT2D eigenvalue weighted by atomic mass is 35.5. The number of nitrogens with zero attached hydrogens (tertiary/aromatic N) is 1. The Balaban J connectivity index is 2.21. The summed E-state index contributed by atoms with van der Waals surface area (Å²) in [6.07, 6.45) is 3.43. The summed E-state index contributed by atoms with van der Waals surface area (Å²) in [5, 5.41) is 7.27. The van der Waals surface area contributed by atoms with Gasteiger partial charge < -0.3 is 10.6 Å². The fraction of sp³-hybridized carbons (Fsp3) is 0.500. The van der Waals surface area contributed by atoms with Crippen LogP contribution in [0, 0.1) is 0 Å². The number of hydrogen-bond acceptors (Lipinski definition) is 3. The second kappa shape index (κ2) is 6.76. The van der Waals surface area contributed by atoms with Crippen LogP contribution >= 0.6 is 11.6 Å². The summed E-state index contributed by atoms with van der Waals surface area (Å²) >= 11 is 5.95. The highest BCUT2D eigenvalue weighted by Gasteiger charge is 1.97. The van der Waals surface area contributed by atoms with Crippen LogP contribution in [0.2, 0.25) is 5.02 Å². The van der Waals surface area contributed by atoms with Crippen LogP contribution in [0.4, 0.5) is 0 Å². The van der Waals surface area contributed by atoms with E-state index < -0.39 is 0 Å². The van der Waals surface area contributed by atoms with Gasteiger partial charge in [-0.2, -0.15) is 0 Å². The fourth-order valence-electron chi connectivity index (χ4n) is 1.12. The Morgan fingerprint density at radius 1 is 1.36 bits per heavy atom. The van der Waals surface area contributed by atoms with Gasteiger partial charge in [-0.15, -0.1) is 0 Å². The molecule has 4 heteroatoms. The van der Waals surface area contributed by atoms with Gasteiger partial charge in [0.2, 0.25) is 0 Å². The zero-order chi connectivity index (χ0) is 10.2. The Kier molecular flexibility index (Phi) is 5.52. The summed E-state index contributed by atoms with van der Waals surface area (Å²) in [6, 6.07) is 1.93. The standard InChI is InChI=1S/C10H16ClN3/c1-2-12-5-6-14-7-9-3-4-13-8-10(9)11/h3-4,8,12,14H,2,5-7H2,1H3. The molecule has 0 aromatic carbocycles. The van der Waals surface area contributed by atoms with Gasteiger partial charge >= 0.3 is 0 Å². The zero-order valence-electron chi connectivity index (χ0n) is 8.39. The van der Waals surface area contributed by atoms with Crippen LogP contribution in [0.1, 0.15) is 12.5 Å². The molecule has 1 aromatic rings. The molecular weight excluding hydrogens is 198 g/mol. The second-order valence-electron chi connectivity index (χ2n) is 3.00. The zero-order valence-corrected chi connectivity index (χ0v) is 9.14. The molecule has 0 fully saturated rings. The van der Waals surface area contributed by atoms with Crippen LogP contribution in [-0.2, 0) is 6.54 Å².